The second kappa shape index (κ2) is 5.01. The highest BCUT2D eigenvalue weighted by atomic mass is 16.4. The first-order valence-electron chi connectivity index (χ1n) is 6.61. The molecule has 0 aliphatic heterocycles. The number of anilines is 1. The van der Waals surface area contributed by atoms with Gasteiger partial charge in [0.05, 0.1) is 5.41 Å². The number of hydrogen-bond donors (Lipinski definition) is 1. The fourth-order valence-electron chi connectivity index (χ4n) is 2.34. The predicted octanol–water partition coefficient (Wildman–Crippen LogP) is 2.94. The first-order chi connectivity index (χ1) is 8.57. The van der Waals surface area contributed by atoms with Gasteiger partial charge in [-0.15, -0.1) is 0 Å². The molecular formula is C15H21NO2. The second-order valence-electron chi connectivity index (χ2n) is 5.36. The van der Waals surface area contributed by atoms with Gasteiger partial charge in [-0.1, -0.05) is 25.5 Å². The van der Waals surface area contributed by atoms with Crippen LogP contribution in [0.2, 0.25) is 0 Å². The van der Waals surface area contributed by atoms with E-state index in [1.807, 2.05) is 7.05 Å². The highest BCUT2D eigenvalue weighted by Gasteiger charge is 2.50. The van der Waals surface area contributed by atoms with Gasteiger partial charge in [-0.3, -0.25) is 4.79 Å². The summed E-state index contributed by atoms with van der Waals surface area (Å²) in [5.74, 6) is -0.656. The van der Waals surface area contributed by atoms with E-state index in [4.69, 9.17) is 0 Å². The molecule has 1 saturated carbocycles. The van der Waals surface area contributed by atoms with Gasteiger partial charge < -0.3 is 10.0 Å². The molecule has 1 aliphatic rings. The maximum atomic E-state index is 11.2. The molecule has 1 fully saturated rings. The van der Waals surface area contributed by atoms with Gasteiger partial charge in [-0.2, -0.15) is 0 Å². The minimum absolute atomic E-state index is 0.489. The third-order valence-electron chi connectivity index (χ3n) is 3.76. The molecule has 98 valence electrons. The van der Waals surface area contributed by atoms with E-state index in [9.17, 15) is 9.90 Å². The fourth-order valence-corrected chi connectivity index (χ4v) is 2.34. The number of nitrogens with zero attached hydrogens (tertiary/aromatic N) is 1. The Morgan fingerprint density at radius 3 is 2.39 bits per heavy atom. The minimum Gasteiger partial charge on any atom is -0.481 e. The molecule has 3 heteroatoms. The maximum Gasteiger partial charge on any atom is 0.311 e. The van der Waals surface area contributed by atoms with Crippen molar-refractivity contribution in [1.29, 1.82) is 0 Å². The van der Waals surface area contributed by atoms with E-state index in [-0.39, 0.29) is 0 Å². The summed E-state index contributed by atoms with van der Waals surface area (Å²) in [4.78, 5) is 13.2. The molecule has 1 aromatic carbocycles. The standard InChI is InChI=1S/C15H21NO2/c1-3-4-12-5-7-13(8-6-12)16(2)11-15(9-10-15)14(17)18/h5-8H,3-4,9-11H2,1-2H3,(H,17,18). The topological polar surface area (TPSA) is 40.5 Å². The Balaban J connectivity index is 2.00. The van der Waals surface area contributed by atoms with Gasteiger partial charge in [0.25, 0.3) is 0 Å². The van der Waals surface area contributed by atoms with Gasteiger partial charge in [0.15, 0.2) is 0 Å². The van der Waals surface area contributed by atoms with E-state index in [1.54, 1.807) is 0 Å². The Labute approximate surface area is 108 Å². The summed E-state index contributed by atoms with van der Waals surface area (Å²) in [6, 6.07) is 8.44. The highest BCUT2D eigenvalue weighted by molar-refractivity contribution is 5.78. The van der Waals surface area contributed by atoms with Crippen molar-refractivity contribution in [1.82, 2.24) is 0 Å². The lowest BCUT2D eigenvalue weighted by molar-refractivity contribution is -0.142. The molecule has 1 N–H and O–H groups in total. The molecule has 0 saturated heterocycles. The van der Waals surface area contributed by atoms with Crippen molar-refractivity contribution in [2.24, 2.45) is 5.41 Å². The number of hydrogen-bond acceptors (Lipinski definition) is 2. The van der Waals surface area contributed by atoms with Crippen LogP contribution in [0.1, 0.15) is 31.7 Å². The van der Waals surface area contributed by atoms with Crippen molar-refractivity contribution in [3.8, 4) is 0 Å². The van der Waals surface area contributed by atoms with Crippen molar-refractivity contribution in [3.63, 3.8) is 0 Å². The van der Waals surface area contributed by atoms with E-state index in [1.165, 1.54) is 5.56 Å². The second-order valence-corrected chi connectivity index (χ2v) is 5.36. The summed E-state index contributed by atoms with van der Waals surface area (Å²) in [5.41, 5.74) is 1.95. The average Bonchev–Trinajstić information content (AvgIpc) is 3.11. The number of carboxylic acids is 1. The quantitative estimate of drug-likeness (QED) is 0.840. The largest absolute Gasteiger partial charge is 0.481 e. The first-order valence-corrected chi connectivity index (χ1v) is 6.61. The molecule has 1 aromatic rings. The molecule has 1 aliphatic carbocycles. The summed E-state index contributed by atoms with van der Waals surface area (Å²) < 4.78 is 0. The maximum absolute atomic E-state index is 11.2. The Bertz CT molecular complexity index is 421. The first kappa shape index (κ1) is 12.9. The lowest BCUT2D eigenvalue weighted by Crippen LogP contribution is -2.31. The summed E-state index contributed by atoms with van der Waals surface area (Å²) in [6.07, 6.45) is 3.86. The number of aliphatic carboxylic acids is 1. The van der Waals surface area contributed by atoms with Crippen molar-refractivity contribution in [2.75, 3.05) is 18.5 Å². The molecule has 3 nitrogen and oxygen atoms in total. The predicted molar refractivity (Wildman–Crippen MR) is 73.0 cm³/mol. The van der Waals surface area contributed by atoms with E-state index in [2.05, 4.69) is 36.1 Å². The Morgan fingerprint density at radius 2 is 1.94 bits per heavy atom. The molecule has 0 amide bonds. The molecule has 2 rings (SSSR count). The normalized spacial score (nSPS) is 16.3. The molecule has 0 atom stereocenters. The van der Waals surface area contributed by atoms with Crippen LogP contribution >= 0.6 is 0 Å². The van der Waals surface area contributed by atoms with E-state index in [0.29, 0.717) is 6.54 Å². The van der Waals surface area contributed by atoms with Gasteiger partial charge in [-0.05, 0) is 37.0 Å². The third-order valence-corrected chi connectivity index (χ3v) is 3.76. The molecule has 18 heavy (non-hydrogen) atoms. The average molecular weight is 247 g/mol. The van der Waals surface area contributed by atoms with Crippen LogP contribution in [-0.2, 0) is 11.2 Å². The van der Waals surface area contributed by atoms with Crippen molar-refractivity contribution in [2.45, 2.75) is 32.6 Å². The van der Waals surface area contributed by atoms with Crippen molar-refractivity contribution in [3.05, 3.63) is 29.8 Å². The Hall–Kier alpha value is -1.51. The summed E-state index contributed by atoms with van der Waals surface area (Å²) in [7, 11) is 1.97. The van der Waals surface area contributed by atoms with Crippen molar-refractivity contribution >= 4 is 11.7 Å². The number of carbonyl (C=O) groups is 1. The molecule has 0 heterocycles. The van der Waals surface area contributed by atoms with Crippen LogP contribution < -0.4 is 4.90 Å². The van der Waals surface area contributed by atoms with Crippen LogP contribution in [0.3, 0.4) is 0 Å². The van der Waals surface area contributed by atoms with Gasteiger partial charge in [0.2, 0.25) is 0 Å². The lowest BCUT2D eigenvalue weighted by atomic mass is 10.1. The van der Waals surface area contributed by atoms with Crippen LogP contribution in [0, 0.1) is 5.41 Å². The summed E-state index contributed by atoms with van der Waals surface area (Å²) >= 11 is 0. The highest BCUT2D eigenvalue weighted by Crippen LogP contribution is 2.46. The van der Waals surface area contributed by atoms with Gasteiger partial charge in [-0.25, -0.2) is 0 Å². The van der Waals surface area contributed by atoms with Crippen LogP contribution in [0.5, 0.6) is 0 Å². The number of carboxylic acid groups (broad SMARTS) is 1. The SMILES string of the molecule is CCCc1ccc(N(C)CC2(C(=O)O)CC2)cc1. The van der Waals surface area contributed by atoms with E-state index in [0.717, 1.165) is 31.4 Å². The summed E-state index contributed by atoms with van der Waals surface area (Å²) in [6.45, 7) is 2.78. The van der Waals surface area contributed by atoms with Gasteiger partial charge >= 0.3 is 5.97 Å². The van der Waals surface area contributed by atoms with E-state index >= 15 is 0 Å². The van der Waals surface area contributed by atoms with Gasteiger partial charge in [0.1, 0.15) is 0 Å². The molecule has 0 bridgehead atoms. The Kier molecular flexibility index (Phi) is 3.60. The Morgan fingerprint density at radius 1 is 1.33 bits per heavy atom. The molecule has 0 aromatic heterocycles. The van der Waals surface area contributed by atoms with Crippen molar-refractivity contribution < 1.29 is 9.90 Å². The molecular weight excluding hydrogens is 226 g/mol. The molecule has 0 radical (unpaired) electrons. The number of aryl methyl sites for hydroxylation is 1. The number of rotatable bonds is 6. The van der Waals surface area contributed by atoms with Crippen LogP contribution in [-0.4, -0.2) is 24.7 Å². The smallest absolute Gasteiger partial charge is 0.311 e. The monoisotopic (exact) mass is 247 g/mol. The fraction of sp³-hybridized carbons (Fsp3) is 0.533. The van der Waals surface area contributed by atoms with E-state index < -0.39 is 11.4 Å². The van der Waals surface area contributed by atoms with Crippen LogP contribution in [0.25, 0.3) is 0 Å². The van der Waals surface area contributed by atoms with Crippen LogP contribution in [0.15, 0.2) is 24.3 Å². The van der Waals surface area contributed by atoms with Gasteiger partial charge in [0, 0.05) is 19.3 Å². The van der Waals surface area contributed by atoms with Crippen LogP contribution in [0.4, 0.5) is 5.69 Å². The lowest BCUT2D eigenvalue weighted by Gasteiger charge is -2.23. The zero-order chi connectivity index (χ0) is 13.2. The minimum atomic E-state index is -0.656. The zero-order valence-electron chi connectivity index (χ0n) is 11.1. The molecule has 0 spiro atoms. The number of benzene rings is 1. The summed E-state index contributed by atoms with van der Waals surface area (Å²) in [5, 5.41) is 9.19. The molecule has 0 unspecified atom stereocenters. The third kappa shape index (κ3) is 2.66. The zero-order valence-corrected chi connectivity index (χ0v) is 11.1.